The second-order valence-electron chi connectivity index (χ2n) is 4.15. The topological polar surface area (TPSA) is 63.3 Å². The zero-order valence-electron chi connectivity index (χ0n) is 8.93. The van der Waals surface area contributed by atoms with Gasteiger partial charge in [0, 0.05) is 5.69 Å². The number of nitrogens with two attached hydrogens (primary N) is 1. The highest BCUT2D eigenvalue weighted by atomic mass is 35.5. The number of benzene rings is 1. The first kappa shape index (κ1) is 12.8. The van der Waals surface area contributed by atoms with E-state index < -0.39 is 5.97 Å². The SMILES string of the molecule is Cl.Nc1ccc(C2CCCC2C(=O)O)cc1. The van der Waals surface area contributed by atoms with Gasteiger partial charge in [-0.05, 0) is 36.5 Å². The van der Waals surface area contributed by atoms with Crippen molar-refractivity contribution in [2.45, 2.75) is 25.2 Å². The summed E-state index contributed by atoms with van der Waals surface area (Å²) in [5.41, 5.74) is 7.43. The Hall–Kier alpha value is -1.22. The minimum atomic E-state index is -0.672. The van der Waals surface area contributed by atoms with E-state index >= 15 is 0 Å². The van der Waals surface area contributed by atoms with Crippen molar-refractivity contribution in [3.63, 3.8) is 0 Å². The van der Waals surface area contributed by atoms with Gasteiger partial charge in [0.1, 0.15) is 0 Å². The maximum Gasteiger partial charge on any atom is 0.307 e. The quantitative estimate of drug-likeness (QED) is 0.783. The zero-order valence-corrected chi connectivity index (χ0v) is 9.74. The summed E-state index contributed by atoms with van der Waals surface area (Å²) in [5, 5.41) is 9.07. The molecule has 0 aromatic heterocycles. The molecule has 0 aliphatic heterocycles. The Morgan fingerprint density at radius 3 is 2.44 bits per heavy atom. The first-order valence-electron chi connectivity index (χ1n) is 5.26. The largest absolute Gasteiger partial charge is 0.481 e. The van der Waals surface area contributed by atoms with E-state index in [1.54, 1.807) is 0 Å². The monoisotopic (exact) mass is 241 g/mol. The summed E-state index contributed by atoms with van der Waals surface area (Å²) in [5.74, 6) is -0.717. The van der Waals surface area contributed by atoms with Gasteiger partial charge in [-0.2, -0.15) is 0 Å². The third kappa shape index (κ3) is 2.47. The summed E-state index contributed by atoms with van der Waals surface area (Å²) in [7, 11) is 0. The number of hydrogen-bond donors (Lipinski definition) is 2. The van der Waals surface area contributed by atoms with Gasteiger partial charge in [0.2, 0.25) is 0 Å². The van der Waals surface area contributed by atoms with Crippen LogP contribution in [0.25, 0.3) is 0 Å². The summed E-state index contributed by atoms with van der Waals surface area (Å²) >= 11 is 0. The molecule has 2 rings (SSSR count). The van der Waals surface area contributed by atoms with Gasteiger partial charge in [0.05, 0.1) is 5.92 Å². The van der Waals surface area contributed by atoms with Crippen LogP contribution in [-0.4, -0.2) is 11.1 Å². The second-order valence-corrected chi connectivity index (χ2v) is 4.15. The van der Waals surface area contributed by atoms with Crippen molar-refractivity contribution in [1.82, 2.24) is 0 Å². The molecule has 88 valence electrons. The van der Waals surface area contributed by atoms with Crippen LogP contribution in [0.2, 0.25) is 0 Å². The van der Waals surface area contributed by atoms with Crippen molar-refractivity contribution in [1.29, 1.82) is 0 Å². The Bertz CT molecular complexity index is 364. The number of rotatable bonds is 2. The lowest BCUT2D eigenvalue weighted by Gasteiger charge is -2.16. The van der Waals surface area contributed by atoms with Crippen LogP contribution in [-0.2, 0) is 4.79 Å². The fraction of sp³-hybridized carbons (Fsp3) is 0.417. The number of carboxylic acid groups (broad SMARTS) is 1. The van der Waals surface area contributed by atoms with Gasteiger partial charge in [-0.25, -0.2) is 0 Å². The number of halogens is 1. The van der Waals surface area contributed by atoms with Gasteiger partial charge >= 0.3 is 5.97 Å². The lowest BCUT2D eigenvalue weighted by molar-refractivity contribution is -0.142. The van der Waals surface area contributed by atoms with E-state index in [1.807, 2.05) is 24.3 Å². The molecule has 1 aromatic rings. The summed E-state index contributed by atoms with van der Waals surface area (Å²) in [6.45, 7) is 0. The molecule has 0 bridgehead atoms. The van der Waals surface area contributed by atoms with Crippen LogP contribution >= 0.6 is 12.4 Å². The van der Waals surface area contributed by atoms with Crippen LogP contribution in [0.1, 0.15) is 30.7 Å². The zero-order chi connectivity index (χ0) is 10.8. The molecule has 3 nitrogen and oxygen atoms in total. The lowest BCUT2D eigenvalue weighted by atomic mass is 9.89. The predicted octanol–water partition coefficient (Wildman–Crippen LogP) is 2.66. The molecule has 0 radical (unpaired) electrons. The van der Waals surface area contributed by atoms with E-state index in [9.17, 15) is 4.79 Å². The average Bonchev–Trinajstić information content (AvgIpc) is 2.67. The summed E-state index contributed by atoms with van der Waals surface area (Å²) < 4.78 is 0. The first-order chi connectivity index (χ1) is 7.18. The van der Waals surface area contributed by atoms with Gasteiger partial charge < -0.3 is 10.8 Å². The van der Waals surface area contributed by atoms with E-state index in [4.69, 9.17) is 10.8 Å². The molecule has 2 unspecified atom stereocenters. The molecule has 0 heterocycles. The van der Waals surface area contributed by atoms with Crippen LogP contribution in [0.4, 0.5) is 5.69 Å². The van der Waals surface area contributed by atoms with Crippen LogP contribution in [0.3, 0.4) is 0 Å². The molecule has 16 heavy (non-hydrogen) atoms. The molecule has 0 saturated heterocycles. The third-order valence-electron chi connectivity index (χ3n) is 3.20. The number of aliphatic carboxylic acids is 1. The highest BCUT2D eigenvalue weighted by Gasteiger charge is 2.33. The van der Waals surface area contributed by atoms with Gasteiger partial charge in [-0.3, -0.25) is 4.79 Å². The Labute approximate surface area is 101 Å². The van der Waals surface area contributed by atoms with Gasteiger partial charge in [-0.15, -0.1) is 12.4 Å². The summed E-state index contributed by atoms with van der Waals surface area (Å²) in [4.78, 5) is 11.0. The highest BCUT2D eigenvalue weighted by Crippen LogP contribution is 2.39. The van der Waals surface area contributed by atoms with Crippen molar-refractivity contribution in [2.24, 2.45) is 5.92 Å². The number of carbonyl (C=O) groups is 1. The van der Waals surface area contributed by atoms with Gasteiger partial charge in [0.25, 0.3) is 0 Å². The molecule has 1 aliphatic carbocycles. The molecule has 0 amide bonds. The summed E-state index contributed by atoms with van der Waals surface area (Å²) in [6, 6.07) is 7.57. The molecular weight excluding hydrogens is 226 g/mol. The fourth-order valence-corrected chi connectivity index (χ4v) is 2.40. The third-order valence-corrected chi connectivity index (χ3v) is 3.20. The van der Waals surface area contributed by atoms with Gasteiger partial charge in [-0.1, -0.05) is 18.6 Å². The predicted molar refractivity (Wildman–Crippen MR) is 65.8 cm³/mol. The van der Waals surface area contributed by atoms with E-state index in [2.05, 4.69) is 0 Å². The van der Waals surface area contributed by atoms with Crippen LogP contribution < -0.4 is 5.73 Å². The molecule has 4 heteroatoms. The summed E-state index contributed by atoms with van der Waals surface area (Å²) in [6.07, 6.45) is 2.78. The number of hydrogen-bond acceptors (Lipinski definition) is 2. The Morgan fingerprint density at radius 2 is 1.88 bits per heavy atom. The molecule has 0 spiro atoms. The highest BCUT2D eigenvalue weighted by molar-refractivity contribution is 5.85. The lowest BCUT2D eigenvalue weighted by Crippen LogP contribution is -2.16. The number of anilines is 1. The van der Waals surface area contributed by atoms with E-state index in [1.165, 1.54) is 0 Å². The molecule has 1 aliphatic rings. The van der Waals surface area contributed by atoms with Crippen molar-refractivity contribution in [3.8, 4) is 0 Å². The first-order valence-corrected chi connectivity index (χ1v) is 5.26. The minimum Gasteiger partial charge on any atom is -0.481 e. The van der Waals surface area contributed by atoms with E-state index in [-0.39, 0.29) is 24.2 Å². The van der Waals surface area contributed by atoms with Crippen molar-refractivity contribution in [3.05, 3.63) is 29.8 Å². The molecule has 1 aromatic carbocycles. The number of nitrogen functional groups attached to an aromatic ring is 1. The van der Waals surface area contributed by atoms with Crippen LogP contribution in [0, 0.1) is 5.92 Å². The average molecular weight is 242 g/mol. The van der Waals surface area contributed by atoms with Crippen LogP contribution in [0.5, 0.6) is 0 Å². The second kappa shape index (κ2) is 5.21. The van der Waals surface area contributed by atoms with Crippen LogP contribution in [0.15, 0.2) is 24.3 Å². The van der Waals surface area contributed by atoms with E-state index in [0.29, 0.717) is 0 Å². The van der Waals surface area contributed by atoms with Crippen molar-refractivity contribution in [2.75, 3.05) is 5.73 Å². The molecule has 3 N–H and O–H groups in total. The maximum absolute atomic E-state index is 11.0. The smallest absolute Gasteiger partial charge is 0.307 e. The molecule has 1 fully saturated rings. The Kier molecular flexibility index (Phi) is 4.19. The Balaban J connectivity index is 0.00000128. The Morgan fingerprint density at radius 1 is 1.25 bits per heavy atom. The molecule has 2 atom stereocenters. The minimum absolute atomic E-state index is 0. The normalized spacial score (nSPS) is 23.8. The maximum atomic E-state index is 11.0. The molecule has 1 saturated carbocycles. The molecular formula is C12H16ClNO2. The standard InChI is InChI=1S/C12H15NO2.ClH/c13-9-6-4-8(5-7-9)10-2-1-3-11(10)12(14)15;/h4-7,10-11H,1-3,13H2,(H,14,15);1H. The van der Waals surface area contributed by atoms with Gasteiger partial charge in [0.15, 0.2) is 0 Å². The number of carboxylic acids is 1. The fourth-order valence-electron chi connectivity index (χ4n) is 2.40. The van der Waals surface area contributed by atoms with Crippen molar-refractivity contribution < 1.29 is 9.90 Å². The van der Waals surface area contributed by atoms with E-state index in [0.717, 1.165) is 30.5 Å². The van der Waals surface area contributed by atoms with Crippen molar-refractivity contribution >= 4 is 24.1 Å².